The normalized spacial score (nSPS) is 23.0. The van der Waals surface area contributed by atoms with Crippen molar-refractivity contribution >= 4 is 0 Å². The van der Waals surface area contributed by atoms with Crippen molar-refractivity contribution in [1.29, 1.82) is 0 Å². The van der Waals surface area contributed by atoms with E-state index in [-0.39, 0.29) is 13.0 Å². The van der Waals surface area contributed by atoms with E-state index in [9.17, 15) is 86.8 Å². The SMILES string of the molecule is OCCCCCCCCCCCCC(O)C(O)C(O)C(O)C(O)C(O)C(O)C(O)C(O)C(O)C(O)C(O)C(O)C(O)C(O)C(O)C(O)C(O)O. The third kappa shape index (κ3) is 15.7. The molecule has 0 rings (SSSR count). The maximum Gasteiger partial charge on any atom is 0.180 e. The highest BCUT2D eigenvalue weighted by atomic mass is 16.5. The molecule has 0 amide bonds. The molecule has 0 aliphatic rings. The van der Waals surface area contributed by atoms with Crippen molar-refractivity contribution in [3.63, 3.8) is 0 Å². The van der Waals surface area contributed by atoms with Gasteiger partial charge >= 0.3 is 0 Å². The number of hydrogen-bond donors (Lipinski definition) is 20. The molecule has 50 heavy (non-hydrogen) atoms. The summed E-state index contributed by atoms with van der Waals surface area (Å²) in [6.45, 7) is 0.188. The van der Waals surface area contributed by atoms with Gasteiger partial charge in [0.2, 0.25) is 0 Å². The molecular formula is C30H62O20. The molecule has 20 nitrogen and oxygen atoms in total. The molecule has 0 aliphatic heterocycles. The topological polar surface area (TPSA) is 405 Å². The Balaban J connectivity index is 4.99. The summed E-state index contributed by atoms with van der Waals surface area (Å²) in [5.41, 5.74) is 0. The Morgan fingerprint density at radius 1 is 0.220 bits per heavy atom. The summed E-state index contributed by atoms with van der Waals surface area (Å²) in [5.74, 6) is 0. The minimum absolute atomic E-state index is 0.00333. The lowest BCUT2D eigenvalue weighted by molar-refractivity contribution is -0.217. The highest BCUT2D eigenvalue weighted by Gasteiger charge is 2.47. The van der Waals surface area contributed by atoms with Gasteiger partial charge in [-0.3, -0.25) is 0 Å². The molecular weight excluding hydrogens is 680 g/mol. The smallest absolute Gasteiger partial charge is 0.180 e. The fourth-order valence-electron chi connectivity index (χ4n) is 5.28. The van der Waals surface area contributed by atoms with Crippen LogP contribution < -0.4 is 0 Å². The predicted octanol–water partition coefficient (Wildman–Crippen LogP) is -8.28. The van der Waals surface area contributed by atoms with Crippen LogP contribution in [0.4, 0.5) is 0 Å². The summed E-state index contributed by atoms with van der Waals surface area (Å²) < 4.78 is 0. The second-order valence-corrected chi connectivity index (χ2v) is 12.9. The van der Waals surface area contributed by atoms with E-state index < -0.39 is 110 Å². The van der Waals surface area contributed by atoms with Gasteiger partial charge in [-0.1, -0.05) is 57.8 Å². The summed E-state index contributed by atoms with van der Waals surface area (Å²) in [6, 6.07) is 0. The van der Waals surface area contributed by atoms with Crippen LogP contribution >= 0.6 is 0 Å². The zero-order chi connectivity index (χ0) is 38.9. The van der Waals surface area contributed by atoms with Crippen LogP contribution in [-0.2, 0) is 0 Å². The lowest BCUT2D eigenvalue weighted by atomic mass is 9.87. The van der Waals surface area contributed by atoms with Gasteiger partial charge in [0.15, 0.2) is 6.29 Å². The Labute approximate surface area is 289 Å². The Morgan fingerprint density at radius 3 is 0.660 bits per heavy atom. The quantitative estimate of drug-likeness (QED) is 0.0250. The predicted molar refractivity (Wildman–Crippen MR) is 168 cm³/mol. The van der Waals surface area contributed by atoms with E-state index in [1.54, 1.807) is 0 Å². The van der Waals surface area contributed by atoms with Crippen molar-refractivity contribution in [3.8, 4) is 0 Å². The molecule has 0 bridgehead atoms. The van der Waals surface area contributed by atoms with Crippen LogP contribution in [0.15, 0.2) is 0 Å². The van der Waals surface area contributed by atoms with E-state index in [4.69, 9.17) is 15.3 Å². The van der Waals surface area contributed by atoms with E-state index in [0.717, 1.165) is 51.4 Å². The maximum atomic E-state index is 10.3. The molecule has 0 aromatic carbocycles. The molecule has 0 saturated carbocycles. The average Bonchev–Trinajstić information content (AvgIpc) is 3.11. The Hall–Kier alpha value is -0.800. The summed E-state index contributed by atoms with van der Waals surface area (Å²) >= 11 is 0. The van der Waals surface area contributed by atoms with Gasteiger partial charge in [0.05, 0.1) is 6.10 Å². The lowest BCUT2D eigenvalue weighted by Gasteiger charge is -2.37. The first-order valence-electron chi connectivity index (χ1n) is 16.8. The van der Waals surface area contributed by atoms with Gasteiger partial charge in [-0.25, -0.2) is 0 Å². The Bertz CT molecular complexity index is 844. The third-order valence-electron chi connectivity index (χ3n) is 8.86. The van der Waals surface area contributed by atoms with Gasteiger partial charge in [-0.15, -0.1) is 0 Å². The standard InChI is InChI=1S/C30H62O20/c31-12-10-8-6-4-2-1-3-5-7-9-11-13(32)14(33)15(34)16(35)17(36)18(37)19(38)20(39)21(40)22(41)23(42)24(43)25(44)26(45)27(46)28(47)29(48)30(49)50/h13-50H,1-12H2. The molecule has 0 spiro atoms. The van der Waals surface area contributed by atoms with Crippen molar-refractivity contribution in [2.45, 2.75) is 181 Å². The van der Waals surface area contributed by atoms with E-state index in [0.29, 0.717) is 12.8 Å². The highest BCUT2D eigenvalue weighted by molar-refractivity contribution is 4.97. The molecule has 0 radical (unpaired) electrons. The third-order valence-corrected chi connectivity index (χ3v) is 8.86. The van der Waals surface area contributed by atoms with Crippen LogP contribution in [-0.4, -0.2) is 219 Å². The van der Waals surface area contributed by atoms with Crippen molar-refractivity contribution in [1.82, 2.24) is 0 Å². The van der Waals surface area contributed by atoms with E-state index in [2.05, 4.69) is 0 Å². The van der Waals surface area contributed by atoms with Gasteiger partial charge in [-0.05, 0) is 12.8 Å². The monoisotopic (exact) mass is 742 g/mol. The van der Waals surface area contributed by atoms with Crippen molar-refractivity contribution in [2.75, 3.05) is 6.61 Å². The van der Waals surface area contributed by atoms with E-state index in [1.807, 2.05) is 0 Å². The number of aliphatic hydroxyl groups is 20. The van der Waals surface area contributed by atoms with Crippen molar-refractivity contribution in [3.05, 3.63) is 0 Å². The number of unbranched alkanes of at least 4 members (excludes halogenated alkanes) is 9. The van der Waals surface area contributed by atoms with Gasteiger partial charge in [0, 0.05) is 6.61 Å². The number of rotatable bonds is 29. The lowest BCUT2D eigenvalue weighted by Crippen LogP contribution is -2.61. The van der Waals surface area contributed by atoms with Crippen LogP contribution in [0.2, 0.25) is 0 Å². The minimum Gasteiger partial charge on any atom is -0.396 e. The molecule has 0 aromatic heterocycles. The Morgan fingerprint density at radius 2 is 0.420 bits per heavy atom. The van der Waals surface area contributed by atoms with Gasteiger partial charge in [-0.2, -0.15) is 0 Å². The highest BCUT2D eigenvalue weighted by Crippen LogP contribution is 2.21. The average molecular weight is 743 g/mol. The Kier molecular flexibility index (Phi) is 24.9. The molecule has 0 fully saturated rings. The summed E-state index contributed by atoms with van der Waals surface area (Å²) in [5, 5.41) is 198. The first kappa shape index (κ1) is 49.2. The molecule has 20 heteroatoms. The molecule has 0 heterocycles. The van der Waals surface area contributed by atoms with Gasteiger partial charge < -0.3 is 102 Å². The van der Waals surface area contributed by atoms with Crippen LogP contribution in [0.1, 0.15) is 70.6 Å². The van der Waals surface area contributed by atoms with E-state index in [1.165, 1.54) is 0 Å². The summed E-state index contributed by atoms with van der Waals surface area (Å²) in [4.78, 5) is 0. The summed E-state index contributed by atoms with van der Waals surface area (Å²) in [6.07, 6.45) is -36.4. The molecule has 0 aliphatic carbocycles. The fraction of sp³-hybridized carbons (Fsp3) is 1.00. The van der Waals surface area contributed by atoms with Crippen molar-refractivity contribution < 1.29 is 102 Å². The number of hydrogen-bond acceptors (Lipinski definition) is 20. The van der Waals surface area contributed by atoms with Crippen LogP contribution in [0.25, 0.3) is 0 Å². The first-order chi connectivity index (χ1) is 23.3. The molecule has 302 valence electrons. The minimum atomic E-state index is -2.73. The zero-order valence-electron chi connectivity index (χ0n) is 27.8. The van der Waals surface area contributed by atoms with Crippen molar-refractivity contribution in [2.24, 2.45) is 0 Å². The first-order valence-corrected chi connectivity index (χ1v) is 16.8. The van der Waals surface area contributed by atoms with E-state index >= 15 is 0 Å². The number of aliphatic hydroxyl groups excluding tert-OH is 19. The second kappa shape index (κ2) is 25.3. The molecule has 0 saturated heterocycles. The zero-order valence-corrected chi connectivity index (χ0v) is 27.8. The molecule has 17 unspecified atom stereocenters. The van der Waals surface area contributed by atoms with Crippen LogP contribution in [0, 0.1) is 0 Å². The second-order valence-electron chi connectivity index (χ2n) is 12.9. The van der Waals surface area contributed by atoms with Gasteiger partial charge in [0.1, 0.15) is 97.7 Å². The van der Waals surface area contributed by atoms with Gasteiger partial charge in [0.25, 0.3) is 0 Å². The van der Waals surface area contributed by atoms with Crippen LogP contribution in [0.3, 0.4) is 0 Å². The maximum absolute atomic E-state index is 10.3. The summed E-state index contributed by atoms with van der Waals surface area (Å²) in [7, 11) is 0. The van der Waals surface area contributed by atoms with Crippen LogP contribution in [0.5, 0.6) is 0 Å². The molecule has 17 atom stereocenters. The molecule has 0 aromatic rings. The fourth-order valence-corrected chi connectivity index (χ4v) is 5.28. The molecule has 20 N–H and O–H groups in total. The largest absolute Gasteiger partial charge is 0.396 e.